The number of aromatic amines is 3. The third-order valence-electron chi connectivity index (χ3n) is 27.1. The average Bonchev–Trinajstić information content (AvgIpc) is 1.47. The summed E-state index contributed by atoms with van der Waals surface area (Å²) < 4.78 is 44.9. The summed E-state index contributed by atoms with van der Waals surface area (Å²) in [5.74, 6) is 5.77. The molecule has 716 valence electrons. The first kappa shape index (κ1) is 98.7. The fourth-order valence-electron chi connectivity index (χ4n) is 19.2. The summed E-state index contributed by atoms with van der Waals surface area (Å²) in [6.45, 7) is 29.6. The molecule has 3 amide bonds. The summed E-state index contributed by atoms with van der Waals surface area (Å²) in [7, 11) is 2.12. The topological polar surface area (TPSA) is 346 Å². The molecule has 1 atom stereocenters. The van der Waals surface area contributed by atoms with Crippen LogP contribution in [0.25, 0.3) is 0 Å². The van der Waals surface area contributed by atoms with Gasteiger partial charge in [0.25, 0.3) is 0 Å². The molecule has 7 fully saturated rings. The maximum Gasteiger partial charge on any atom is 0.242 e. The van der Waals surface area contributed by atoms with E-state index in [-0.39, 0.29) is 64.5 Å². The zero-order valence-electron chi connectivity index (χ0n) is 78.9. The van der Waals surface area contributed by atoms with Crippen LogP contribution in [0, 0.1) is 72.8 Å². The third-order valence-corrected chi connectivity index (χ3v) is 28.2. The molecule has 7 aromatic heterocycles. The van der Waals surface area contributed by atoms with Crippen LogP contribution in [0.4, 0.5) is 53.9 Å². The van der Waals surface area contributed by atoms with Gasteiger partial charge in [-0.15, -0.1) is 0 Å². The lowest BCUT2D eigenvalue weighted by Gasteiger charge is -2.35. The largest absolute Gasteiger partial charge is 0.357 e. The standard InChI is InChI=1S/C28H36ClN7O.C27H33ClFN7O.C23H30ClFN6O.C22H25ClFN5/c1-5-31-28(8-9-28)27(37)36-10-6-20(7-11-36)22-13-17(2)21(12-18(22)3)15-24-30-16-23(29)26(32-24)33-25-14-19(4)34-35-25;1-4-31-27(7-8-27)26(37)36-9-5-18(6-10-36)20-14-22(29)19(11-16(20)2)13-23-30-15-21(28)25(32-23)33-24-12-17(3)34-35-24;1-14-11-20(18(25)12-16(14)15-6-9-31(2)10-7-15)29-23-27-13-17(24)21(30-23)28-19-5-3-4-8-26-22(19)32;1-13-7-20(24)18(15-3-5-25-6-4-15)9-16(13)10-22-26-12-19(23)21(27-22)11-17-8-14(2)28-29-17/h12-14,16,20,31H,5-11,15H2,1-4H3,(H2,30,32,33,34,35);11-12,14-15,18,31H,4-10,13H2,1-3H3,(H2,30,32,33,34,35);11-13,15,19H,3-10H2,1-2H3,(H,26,32)(H2,27,28,29,30);7-9,12,15,25H,3-6,10-11H2,1-2H3,(H,28,29). The Kier molecular flexibility index (Phi) is 32.6. The van der Waals surface area contributed by atoms with Gasteiger partial charge in [-0.2, -0.15) is 20.3 Å². The number of nitrogens with one attached hydrogen (secondary N) is 11. The molecule has 11 aromatic rings. The molecular weight excluding hydrogens is 1800 g/mol. The number of aryl methyl sites for hydroxylation is 8. The van der Waals surface area contributed by atoms with Crippen LogP contribution in [0.2, 0.25) is 20.1 Å². The van der Waals surface area contributed by atoms with Gasteiger partial charge in [0.05, 0.1) is 51.8 Å². The van der Waals surface area contributed by atoms with Crippen LogP contribution < -0.4 is 42.5 Å². The SMILES string of the molecule is CCNC1(C(=O)N2CCC(c3cc(C)c(Cc4ncc(Cl)c(Nc5cc(C)[nH]n5)n4)cc3C)CC2)CC1.CCNC1(C(=O)N2CCC(c3cc(F)c(Cc4ncc(Cl)c(Nc5cc(C)[nH]n5)n4)cc3C)CC2)CC1.Cc1cc(Cc2nc(Cc3cc(C4CCNCC4)c(F)cc3C)ncc2Cl)n[nH]1.Cc1cc(Nc2ncc(Cl)c(NC3CCCCNC3=O)n2)c(F)cc1C1CCN(C)CC1. The predicted octanol–water partition coefficient (Wildman–Crippen LogP) is 18.2. The Bertz CT molecular complexity index is 5810. The Balaban J connectivity index is 0.000000138. The van der Waals surface area contributed by atoms with Crippen molar-refractivity contribution in [1.29, 1.82) is 0 Å². The van der Waals surface area contributed by atoms with Gasteiger partial charge in [0.15, 0.2) is 29.1 Å². The van der Waals surface area contributed by atoms with Gasteiger partial charge in [0, 0.05) is 93.8 Å². The van der Waals surface area contributed by atoms with Crippen LogP contribution in [0.3, 0.4) is 0 Å². The molecule has 0 bridgehead atoms. The van der Waals surface area contributed by atoms with Crippen LogP contribution in [0.1, 0.15) is 247 Å². The zero-order valence-corrected chi connectivity index (χ0v) is 81.9. The normalized spacial score (nSPS) is 17.5. The number of anilines is 7. The minimum atomic E-state index is -0.412. The second-order valence-electron chi connectivity index (χ2n) is 37.3. The van der Waals surface area contributed by atoms with E-state index in [9.17, 15) is 23.2 Å². The Morgan fingerprint density at radius 2 is 0.911 bits per heavy atom. The molecule has 12 heterocycles. The number of rotatable bonds is 26. The number of amides is 3. The minimum Gasteiger partial charge on any atom is -0.357 e. The van der Waals surface area contributed by atoms with Crippen molar-refractivity contribution in [3.63, 3.8) is 0 Å². The van der Waals surface area contributed by atoms with Crippen molar-refractivity contribution in [3.05, 3.63) is 242 Å². The maximum atomic E-state index is 15.3. The van der Waals surface area contributed by atoms with E-state index in [4.69, 9.17) is 46.4 Å². The van der Waals surface area contributed by atoms with Crippen molar-refractivity contribution in [3.8, 4) is 0 Å². The van der Waals surface area contributed by atoms with Gasteiger partial charge in [-0.25, -0.2) is 48.1 Å². The molecule has 18 rings (SSSR count). The van der Waals surface area contributed by atoms with E-state index in [0.717, 1.165) is 210 Å². The summed E-state index contributed by atoms with van der Waals surface area (Å²) in [6, 6.07) is 20.6. The molecule has 5 aliphatic heterocycles. The van der Waals surface area contributed by atoms with E-state index in [0.29, 0.717) is 141 Å². The number of carbonyl (C=O) groups excluding carboxylic acids is 3. The zero-order chi connectivity index (χ0) is 95.4. The third kappa shape index (κ3) is 25.2. The lowest BCUT2D eigenvalue weighted by Crippen LogP contribution is -2.50. The highest BCUT2D eigenvalue weighted by Crippen LogP contribution is 2.43. The number of H-pyrrole nitrogens is 3. The van der Waals surface area contributed by atoms with Crippen molar-refractivity contribution in [2.45, 2.75) is 232 Å². The molecular formula is C100H124Cl4F3N25O3. The Hall–Kier alpha value is -10.8. The van der Waals surface area contributed by atoms with Gasteiger partial charge < -0.3 is 57.2 Å². The molecule has 4 aromatic carbocycles. The lowest BCUT2D eigenvalue weighted by atomic mass is 9.84. The first-order valence-corrected chi connectivity index (χ1v) is 48.9. The smallest absolute Gasteiger partial charge is 0.242 e. The number of likely N-dealkylation sites (N-methyl/N-ethyl adjacent to an activating group) is 2. The van der Waals surface area contributed by atoms with Gasteiger partial charge in [-0.05, 0) is 319 Å². The van der Waals surface area contributed by atoms with E-state index in [1.165, 1.54) is 34.6 Å². The van der Waals surface area contributed by atoms with Gasteiger partial charge >= 0.3 is 0 Å². The number of nitrogens with zero attached hydrogens (tertiary/aromatic N) is 14. The number of halogens is 7. The van der Waals surface area contributed by atoms with Crippen molar-refractivity contribution < 1.29 is 27.6 Å². The number of benzene rings is 4. The molecule has 0 radical (unpaired) electrons. The van der Waals surface area contributed by atoms with Crippen LogP contribution in [-0.4, -0.2) is 199 Å². The predicted molar refractivity (Wildman–Crippen MR) is 526 cm³/mol. The molecule has 0 spiro atoms. The van der Waals surface area contributed by atoms with Gasteiger partial charge in [-0.1, -0.05) is 84.5 Å². The summed E-state index contributed by atoms with van der Waals surface area (Å²) in [6.07, 6.45) is 22.3. The average molecular weight is 1920 g/mol. The Morgan fingerprint density at radius 3 is 1.44 bits per heavy atom. The first-order valence-electron chi connectivity index (χ1n) is 47.4. The van der Waals surface area contributed by atoms with Crippen LogP contribution in [0.15, 0.2) is 91.5 Å². The molecule has 2 saturated carbocycles. The van der Waals surface area contributed by atoms with E-state index < -0.39 is 6.04 Å². The molecule has 2 aliphatic carbocycles. The number of piperidine rings is 4. The molecule has 5 saturated heterocycles. The van der Waals surface area contributed by atoms with Crippen molar-refractivity contribution in [2.75, 3.05) is 100 Å². The van der Waals surface area contributed by atoms with Gasteiger partial charge in [0.2, 0.25) is 23.7 Å². The van der Waals surface area contributed by atoms with Crippen LogP contribution >= 0.6 is 46.4 Å². The summed E-state index contributed by atoms with van der Waals surface area (Å²) in [4.78, 5) is 80.3. The Morgan fingerprint density at radius 1 is 0.444 bits per heavy atom. The number of carbonyl (C=O) groups is 3. The number of hydrogen-bond donors (Lipinski definition) is 11. The fraction of sp³-hybridized carbons (Fsp3) is 0.480. The van der Waals surface area contributed by atoms with E-state index in [2.05, 4.69) is 163 Å². The molecule has 28 nitrogen and oxygen atoms in total. The van der Waals surface area contributed by atoms with E-state index in [1.807, 2.05) is 89.8 Å². The molecule has 135 heavy (non-hydrogen) atoms. The first-order chi connectivity index (χ1) is 64.9. The number of aromatic nitrogens is 14. The second-order valence-corrected chi connectivity index (χ2v) is 38.9. The highest BCUT2D eigenvalue weighted by molar-refractivity contribution is 6.33. The van der Waals surface area contributed by atoms with E-state index >= 15 is 4.39 Å². The minimum absolute atomic E-state index is 0.0714. The van der Waals surface area contributed by atoms with Gasteiger partial charge in [0.1, 0.15) is 56.0 Å². The maximum absolute atomic E-state index is 15.3. The summed E-state index contributed by atoms with van der Waals surface area (Å²) in [5.41, 5.74) is 16.9. The van der Waals surface area contributed by atoms with Crippen LogP contribution in [-0.2, 0) is 40.1 Å². The molecule has 11 N–H and O–H groups in total. The molecule has 35 heteroatoms. The second kappa shape index (κ2) is 44.6. The highest BCUT2D eigenvalue weighted by atomic mass is 35.5. The van der Waals surface area contributed by atoms with E-state index in [1.54, 1.807) is 30.6 Å². The lowest BCUT2D eigenvalue weighted by molar-refractivity contribution is -0.136. The number of hydrogen-bond acceptors (Lipinski definition) is 22. The highest BCUT2D eigenvalue weighted by Gasteiger charge is 2.53. The van der Waals surface area contributed by atoms with Crippen molar-refractivity contribution >= 4 is 105 Å². The summed E-state index contributed by atoms with van der Waals surface area (Å²) in [5, 5.41) is 48.3. The van der Waals surface area contributed by atoms with Crippen molar-refractivity contribution in [1.82, 2.24) is 106 Å². The molecule has 7 aliphatic rings. The molecule has 1 unspecified atom stereocenters. The number of likely N-dealkylation sites (tertiary alicyclic amines) is 3. The van der Waals surface area contributed by atoms with Crippen LogP contribution in [0.5, 0.6) is 0 Å². The van der Waals surface area contributed by atoms with Gasteiger partial charge in [-0.3, -0.25) is 29.7 Å². The fourth-order valence-corrected chi connectivity index (χ4v) is 19.8. The Labute approximate surface area is 807 Å². The quantitative estimate of drug-likeness (QED) is 0.0240. The van der Waals surface area contributed by atoms with Crippen molar-refractivity contribution in [2.24, 2.45) is 0 Å². The monoisotopic (exact) mass is 1920 g/mol. The summed E-state index contributed by atoms with van der Waals surface area (Å²) >= 11 is 25.2.